The molecule has 1 atom stereocenters. The summed E-state index contributed by atoms with van der Waals surface area (Å²) in [6.07, 6.45) is 0.624. The predicted octanol–water partition coefficient (Wildman–Crippen LogP) is -4.23. The fourth-order valence-corrected chi connectivity index (χ4v) is 3.08. The molecule has 72 valence electrons. The zero-order chi connectivity index (χ0) is 8.48. The molecule has 0 spiro atoms. The molecule has 13 heavy (non-hydrogen) atoms. The minimum Gasteiger partial charge on any atom is -0.412 e. The molecule has 8 heteroatoms. The van der Waals surface area contributed by atoms with Gasteiger partial charge in [0.25, 0.3) is 0 Å². The van der Waals surface area contributed by atoms with E-state index < -0.39 is 9.84 Å². The summed E-state index contributed by atoms with van der Waals surface area (Å²) in [6.45, 7) is 0. The van der Waals surface area contributed by atoms with E-state index >= 15 is 0 Å². The monoisotopic (exact) mass is 267 g/mol. The Hall–Kier alpha value is 1.66. The molecule has 3 N–H and O–H groups in total. The van der Waals surface area contributed by atoms with Gasteiger partial charge in [-0.25, -0.2) is 8.42 Å². The van der Waals surface area contributed by atoms with Crippen molar-refractivity contribution < 1.29 is 65.3 Å². The summed E-state index contributed by atoms with van der Waals surface area (Å²) >= 11 is 9.23. The Bertz CT molecular complexity index is 266. The molecule has 4 nitrogen and oxygen atoms in total. The van der Waals surface area contributed by atoms with Crippen LogP contribution in [-0.4, -0.2) is 35.8 Å². The van der Waals surface area contributed by atoms with Crippen molar-refractivity contribution in [2.24, 2.45) is 0 Å². The van der Waals surface area contributed by atoms with Gasteiger partial charge in [0.15, 0.2) is 9.84 Å². The van der Waals surface area contributed by atoms with Crippen LogP contribution in [0, 0.1) is 0 Å². The number of hydrogen-bond donors (Lipinski definition) is 1. The smallest absolute Gasteiger partial charge is 0.412 e. The molecule has 1 aliphatic rings. The van der Waals surface area contributed by atoms with Crippen LogP contribution < -0.4 is 56.7 Å². The molecule has 0 saturated carbocycles. The van der Waals surface area contributed by atoms with Crippen LogP contribution in [0.3, 0.4) is 0 Å². The van der Waals surface area contributed by atoms with Crippen molar-refractivity contribution in [1.82, 2.24) is 5.32 Å². The first-order valence-corrected chi connectivity index (χ1v) is 5.81. The zero-order valence-electron chi connectivity index (χ0n) is 7.24. The third kappa shape index (κ3) is 6.69. The fourth-order valence-electron chi connectivity index (χ4n) is 1.08. The summed E-state index contributed by atoms with van der Waals surface area (Å²) in [5, 5.41) is 2.76. The van der Waals surface area contributed by atoms with Crippen LogP contribution in [0.4, 0.5) is 0 Å². The summed E-state index contributed by atoms with van der Waals surface area (Å²) in [7, 11) is -2.81. The van der Waals surface area contributed by atoms with Gasteiger partial charge in [0.1, 0.15) is 0 Å². The van der Waals surface area contributed by atoms with E-state index in [0.29, 0.717) is 6.42 Å². The van der Waals surface area contributed by atoms with Crippen LogP contribution in [0.25, 0.3) is 0 Å². The van der Waals surface area contributed by atoms with Crippen LogP contribution in [0.2, 0.25) is 0 Å². The van der Waals surface area contributed by atoms with E-state index in [1.165, 1.54) is 0 Å². The quantitative estimate of drug-likeness (QED) is 0.296. The zero-order valence-corrected chi connectivity index (χ0v) is 12.8. The molecule has 0 aliphatic carbocycles. The fraction of sp³-hybridized carbons (Fsp3) is 0.800. The molecule has 1 aliphatic heterocycles. The Morgan fingerprint density at radius 3 is 2.38 bits per heavy atom. The molecule has 0 aromatic heterocycles. The van der Waals surface area contributed by atoms with E-state index in [9.17, 15) is 8.42 Å². The standard InChI is InChI=1S/C5H9NO2S3.K.H2O/c7-11(8)2-1-4(3-11)6-5(9)10;;/h4H,1-3H2,(H2,6,9,10);;1H2/q;+1;/p-1. The van der Waals surface area contributed by atoms with E-state index in [2.05, 4.69) is 30.2 Å². The molecule has 0 aromatic carbocycles. The number of thiocarbonyl (C=S) groups is 1. The normalized spacial score (nSPS) is 23.8. The van der Waals surface area contributed by atoms with Gasteiger partial charge in [0.2, 0.25) is 0 Å². The van der Waals surface area contributed by atoms with Gasteiger partial charge in [-0.3, -0.25) is 0 Å². The van der Waals surface area contributed by atoms with Gasteiger partial charge in [0.05, 0.1) is 11.5 Å². The summed E-state index contributed by atoms with van der Waals surface area (Å²) < 4.78 is 22.1. The second kappa shape index (κ2) is 7.02. The van der Waals surface area contributed by atoms with E-state index in [-0.39, 0.29) is 78.7 Å². The molecule has 0 bridgehead atoms. The molecule has 1 rings (SSSR count). The van der Waals surface area contributed by atoms with Gasteiger partial charge in [-0.05, 0) is 6.42 Å². The number of nitrogens with one attached hydrogen (secondary N) is 1. The van der Waals surface area contributed by atoms with E-state index in [0.717, 1.165) is 0 Å². The first kappa shape index (κ1) is 17.1. The van der Waals surface area contributed by atoms with Crippen molar-refractivity contribution in [2.75, 3.05) is 11.5 Å². The van der Waals surface area contributed by atoms with Gasteiger partial charge in [0, 0.05) is 6.04 Å². The van der Waals surface area contributed by atoms with Gasteiger partial charge < -0.3 is 35.6 Å². The van der Waals surface area contributed by atoms with Crippen molar-refractivity contribution in [3.63, 3.8) is 0 Å². The number of rotatable bonds is 1. The average molecular weight is 267 g/mol. The van der Waals surface area contributed by atoms with E-state index in [1.54, 1.807) is 0 Å². The SMILES string of the molecule is O.O=S1(=O)CCC(NC(=S)[S-])C1.[K+]. The van der Waals surface area contributed by atoms with Crippen LogP contribution in [-0.2, 0) is 22.5 Å². The third-order valence-electron chi connectivity index (χ3n) is 1.55. The van der Waals surface area contributed by atoms with Crippen molar-refractivity contribution in [3.05, 3.63) is 0 Å². The predicted molar refractivity (Wildman–Crippen MR) is 53.8 cm³/mol. The minimum absolute atomic E-state index is 0. The minimum atomic E-state index is -2.81. The van der Waals surface area contributed by atoms with Gasteiger partial charge >= 0.3 is 51.4 Å². The van der Waals surface area contributed by atoms with E-state index in [4.69, 9.17) is 0 Å². The molecule has 1 heterocycles. The van der Waals surface area contributed by atoms with Gasteiger partial charge in [-0.1, -0.05) is 4.32 Å². The summed E-state index contributed by atoms with van der Waals surface area (Å²) in [5.41, 5.74) is 0. The second-order valence-corrected chi connectivity index (χ2v) is 5.84. The second-order valence-electron chi connectivity index (χ2n) is 2.53. The van der Waals surface area contributed by atoms with Crippen LogP contribution in [0.1, 0.15) is 6.42 Å². The maximum absolute atomic E-state index is 10.9. The van der Waals surface area contributed by atoms with Crippen LogP contribution in [0.15, 0.2) is 0 Å². The summed E-state index contributed by atoms with van der Waals surface area (Å²) in [4.78, 5) is 0. The summed E-state index contributed by atoms with van der Waals surface area (Å²) in [6, 6.07) is -0.0509. The van der Waals surface area contributed by atoms with Crippen molar-refractivity contribution in [1.29, 1.82) is 0 Å². The molecule has 1 unspecified atom stereocenters. The topological polar surface area (TPSA) is 77.7 Å². The molecule has 1 saturated heterocycles. The van der Waals surface area contributed by atoms with Crippen LogP contribution >= 0.6 is 12.2 Å². The first-order valence-electron chi connectivity index (χ1n) is 3.17. The molecule has 0 amide bonds. The van der Waals surface area contributed by atoms with Gasteiger partial charge in [-0.15, -0.1) is 0 Å². The molecule has 0 aromatic rings. The Morgan fingerprint density at radius 2 is 2.08 bits per heavy atom. The average Bonchev–Trinajstić information content (AvgIpc) is 2.08. The largest absolute Gasteiger partial charge is 1.00 e. The molecular weight excluding hydrogens is 257 g/mol. The van der Waals surface area contributed by atoms with Crippen molar-refractivity contribution >= 4 is 39.0 Å². The number of sulfone groups is 1. The third-order valence-corrected chi connectivity index (χ3v) is 3.56. The van der Waals surface area contributed by atoms with Crippen LogP contribution in [0.5, 0.6) is 0 Å². The molecule has 0 radical (unpaired) electrons. The maximum atomic E-state index is 10.9. The number of hydrogen-bond acceptors (Lipinski definition) is 4. The Balaban J connectivity index is 0. The Labute approximate surface area is 131 Å². The Morgan fingerprint density at radius 1 is 1.54 bits per heavy atom. The van der Waals surface area contributed by atoms with Crippen molar-refractivity contribution in [2.45, 2.75) is 12.5 Å². The first-order chi connectivity index (χ1) is 4.99. The Kier molecular flexibility index (Phi) is 9.21. The summed E-state index contributed by atoms with van der Waals surface area (Å²) in [5.74, 6) is 0.423. The maximum Gasteiger partial charge on any atom is 1.00 e. The van der Waals surface area contributed by atoms with E-state index in [1.807, 2.05) is 0 Å². The van der Waals surface area contributed by atoms with Crippen molar-refractivity contribution in [3.8, 4) is 0 Å². The van der Waals surface area contributed by atoms with Gasteiger partial charge in [-0.2, -0.15) is 0 Å². The molecular formula is C5H10KNO3S3. The molecule has 1 fully saturated rings.